The molecule has 1 amide bonds. The van der Waals surface area contributed by atoms with E-state index in [1.807, 2.05) is 37.4 Å². The van der Waals surface area contributed by atoms with Crippen LogP contribution in [0.2, 0.25) is 0 Å². The van der Waals surface area contributed by atoms with E-state index in [0.717, 1.165) is 10.6 Å². The molecule has 3 rings (SSSR count). The van der Waals surface area contributed by atoms with Crippen LogP contribution < -0.4 is 9.47 Å². The van der Waals surface area contributed by atoms with Gasteiger partial charge in [0, 0.05) is 17.0 Å². The number of benzene rings is 1. The average Bonchev–Trinajstić information content (AvgIpc) is 3.27. The first kappa shape index (κ1) is 18.2. The van der Waals surface area contributed by atoms with Gasteiger partial charge in [-0.1, -0.05) is 6.92 Å². The number of thiazole rings is 1. The molecule has 26 heavy (non-hydrogen) atoms. The van der Waals surface area contributed by atoms with E-state index in [4.69, 9.17) is 14.6 Å². The van der Waals surface area contributed by atoms with Gasteiger partial charge in [-0.15, -0.1) is 11.3 Å². The van der Waals surface area contributed by atoms with Crippen molar-refractivity contribution < 1.29 is 24.2 Å². The third-order valence-corrected chi connectivity index (χ3v) is 5.19. The molecule has 1 N–H and O–H groups in total. The summed E-state index contributed by atoms with van der Waals surface area (Å²) in [5, 5.41) is 11.6. The van der Waals surface area contributed by atoms with E-state index in [9.17, 15) is 9.59 Å². The van der Waals surface area contributed by atoms with Gasteiger partial charge >= 0.3 is 5.97 Å². The number of carbonyl (C=O) groups excluding carboxylic acids is 1. The minimum absolute atomic E-state index is 0.0820. The fourth-order valence-corrected chi connectivity index (χ4v) is 3.48. The quantitative estimate of drug-likeness (QED) is 0.799. The molecule has 0 aliphatic carbocycles. The Labute approximate surface area is 155 Å². The minimum Gasteiger partial charge on any atom is -0.480 e. The molecule has 1 aromatic heterocycles. The van der Waals surface area contributed by atoms with Crippen molar-refractivity contribution >= 4 is 23.2 Å². The summed E-state index contributed by atoms with van der Waals surface area (Å²) in [4.78, 5) is 29.5. The number of carboxylic acids is 1. The number of hydrogen-bond donors (Lipinski definition) is 1. The number of fused-ring (bicyclic) bond motifs is 1. The zero-order valence-corrected chi connectivity index (χ0v) is 15.4. The molecule has 0 saturated carbocycles. The molecule has 0 saturated heterocycles. The smallest absolute Gasteiger partial charge is 0.323 e. The Morgan fingerprint density at radius 2 is 2.12 bits per heavy atom. The summed E-state index contributed by atoms with van der Waals surface area (Å²) in [5.41, 5.74) is 1.52. The van der Waals surface area contributed by atoms with Crippen LogP contribution >= 0.6 is 11.3 Å². The molecule has 1 unspecified atom stereocenters. The lowest BCUT2D eigenvalue weighted by molar-refractivity contribution is -0.145. The second-order valence-electron chi connectivity index (χ2n) is 6.06. The summed E-state index contributed by atoms with van der Waals surface area (Å²) in [6, 6.07) is 5.46. The molecular formula is C18H20N2O5S. The third-order valence-electron chi connectivity index (χ3n) is 4.25. The van der Waals surface area contributed by atoms with Crippen LogP contribution in [-0.4, -0.2) is 46.2 Å². The van der Waals surface area contributed by atoms with Crippen LogP contribution in [0, 0.1) is 0 Å². The number of hydrogen-bond acceptors (Lipinski definition) is 6. The van der Waals surface area contributed by atoms with Crippen LogP contribution in [0.3, 0.4) is 0 Å². The highest BCUT2D eigenvalue weighted by atomic mass is 32.1. The molecule has 0 fully saturated rings. The third kappa shape index (κ3) is 3.96. The molecule has 1 atom stereocenters. The van der Waals surface area contributed by atoms with E-state index in [1.54, 1.807) is 0 Å². The molecule has 2 aromatic rings. The molecule has 2 heterocycles. The summed E-state index contributed by atoms with van der Waals surface area (Å²) < 4.78 is 10.7. The molecule has 1 aromatic carbocycles. The largest absolute Gasteiger partial charge is 0.480 e. The van der Waals surface area contributed by atoms with E-state index in [1.165, 1.54) is 16.2 Å². The van der Waals surface area contributed by atoms with Gasteiger partial charge in [0.15, 0.2) is 11.5 Å². The van der Waals surface area contributed by atoms with Gasteiger partial charge in [-0.3, -0.25) is 9.59 Å². The first-order valence-corrected chi connectivity index (χ1v) is 9.21. The molecule has 1 aliphatic rings. The molecule has 8 heteroatoms. The average molecular weight is 376 g/mol. The van der Waals surface area contributed by atoms with Crippen molar-refractivity contribution in [1.29, 1.82) is 0 Å². The van der Waals surface area contributed by atoms with Gasteiger partial charge < -0.3 is 19.5 Å². The zero-order chi connectivity index (χ0) is 18.7. The van der Waals surface area contributed by atoms with Gasteiger partial charge in [0.25, 0.3) is 0 Å². The van der Waals surface area contributed by atoms with E-state index < -0.39 is 5.97 Å². The highest BCUT2D eigenvalue weighted by Gasteiger charge is 2.23. The summed E-state index contributed by atoms with van der Waals surface area (Å²) in [7, 11) is 0. The van der Waals surface area contributed by atoms with Gasteiger partial charge in [-0.2, -0.15) is 0 Å². The Kier molecular flexibility index (Phi) is 5.41. The monoisotopic (exact) mass is 376 g/mol. The number of aliphatic carboxylic acids is 1. The van der Waals surface area contributed by atoms with Crippen molar-refractivity contribution in [2.45, 2.75) is 32.7 Å². The Bertz CT molecular complexity index is 820. The summed E-state index contributed by atoms with van der Waals surface area (Å²) >= 11 is 1.44. The number of ether oxygens (including phenoxy) is 2. The fraction of sp³-hybridized carbons (Fsp3) is 0.389. The van der Waals surface area contributed by atoms with Crippen molar-refractivity contribution in [2.75, 3.05) is 13.3 Å². The molecule has 0 spiro atoms. The van der Waals surface area contributed by atoms with Crippen molar-refractivity contribution in [3.8, 4) is 22.1 Å². The van der Waals surface area contributed by atoms with Gasteiger partial charge in [0.05, 0.1) is 12.1 Å². The van der Waals surface area contributed by atoms with Crippen LogP contribution in [0.5, 0.6) is 11.5 Å². The number of carbonyl (C=O) groups is 2. The lowest BCUT2D eigenvalue weighted by Gasteiger charge is -2.26. The maximum atomic E-state index is 12.5. The van der Waals surface area contributed by atoms with E-state index in [-0.39, 0.29) is 31.7 Å². The van der Waals surface area contributed by atoms with Gasteiger partial charge in [-0.05, 0) is 31.5 Å². The normalized spacial score (nSPS) is 13.5. The molecule has 1 aliphatic heterocycles. The first-order valence-electron chi connectivity index (χ1n) is 8.33. The van der Waals surface area contributed by atoms with Gasteiger partial charge in [0.1, 0.15) is 11.6 Å². The van der Waals surface area contributed by atoms with Gasteiger partial charge in [0.2, 0.25) is 12.7 Å². The maximum absolute atomic E-state index is 12.5. The standard InChI is InChI=1S/C18H20N2O5S/c1-3-11(2)20(8-17(22)23)16(21)7-13-9-26-18(19-13)12-4-5-14-15(6-12)25-10-24-14/h4-6,9,11H,3,7-8,10H2,1-2H3,(H,22,23). The van der Waals surface area contributed by atoms with Crippen molar-refractivity contribution in [1.82, 2.24) is 9.88 Å². The Balaban J connectivity index is 1.73. The van der Waals surface area contributed by atoms with Crippen LogP contribution in [0.4, 0.5) is 0 Å². The topological polar surface area (TPSA) is 89.0 Å². The van der Waals surface area contributed by atoms with E-state index in [2.05, 4.69) is 4.98 Å². The van der Waals surface area contributed by atoms with Crippen molar-refractivity contribution in [3.63, 3.8) is 0 Å². The molecular weight excluding hydrogens is 356 g/mol. The SMILES string of the molecule is CCC(C)N(CC(=O)O)C(=O)Cc1csc(-c2ccc3c(c2)OCO3)n1. The molecule has 138 valence electrons. The number of carboxylic acid groups (broad SMARTS) is 1. The summed E-state index contributed by atoms with van der Waals surface area (Å²) in [6.45, 7) is 3.69. The second-order valence-corrected chi connectivity index (χ2v) is 6.92. The first-order chi connectivity index (χ1) is 12.5. The summed E-state index contributed by atoms with van der Waals surface area (Å²) in [6.07, 6.45) is 0.775. The lowest BCUT2D eigenvalue weighted by atomic mass is 10.2. The second kappa shape index (κ2) is 7.74. The predicted octanol–water partition coefficient (Wildman–Crippen LogP) is 2.79. The summed E-state index contributed by atoms with van der Waals surface area (Å²) in [5.74, 6) is 0.139. The highest BCUT2D eigenvalue weighted by molar-refractivity contribution is 7.13. The minimum atomic E-state index is -1.02. The lowest BCUT2D eigenvalue weighted by Crippen LogP contribution is -2.42. The van der Waals surface area contributed by atoms with Crippen LogP contribution in [0.15, 0.2) is 23.6 Å². The van der Waals surface area contributed by atoms with Crippen LogP contribution in [-0.2, 0) is 16.0 Å². The zero-order valence-electron chi connectivity index (χ0n) is 14.6. The predicted molar refractivity (Wildman–Crippen MR) is 96.5 cm³/mol. The van der Waals surface area contributed by atoms with Crippen molar-refractivity contribution in [2.24, 2.45) is 0 Å². The van der Waals surface area contributed by atoms with E-state index in [0.29, 0.717) is 23.6 Å². The fourth-order valence-electron chi connectivity index (χ4n) is 2.66. The van der Waals surface area contributed by atoms with E-state index >= 15 is 0 Å². The Hall–Kier alpha value is -2.61. The number of rotatable bonds is 7. The Morgan fingerprint density at radius 3 is 2.85 bits per heavy atom. The Morgan fingerprint density at radius 1 is 1.35 bits per heavy atom. The molecule has 0 bridgehead atoms. The molecule has 7 nitrogen and oxygen atoms in total. The van der Waals surface area contributed by atoms with Crippen LogP contribution in [0.25, 0.3) is 10.6 Å². The number of nitrogens with zero attached hydrogens (tertiary/aromatic N) is 2. The van der Waals surface area contributed by atoms with Crippen LogP contribution in [0.1, 0.15) is 26.0 Å². The number of amides is 1. The highest BCUT2D eigenvalue weighted by Crippen LogP contribution is 2.36. The molecule has 0 radical (unpaired) electrons. The van der Waals surface area contributed by atoms with Gasteiger partial charge in [-0.25, -0.2) is 4.98 Å². The maximum Gasteiger partial charge on any atom is 0.323 e. The van der Waals surface area contributed by atoms with Crippen molar-refractivity contribution in [3.05, 3.63) is 29.3 Å². The number of aromatic nitrogens is 1.